The molecule has 3 rings (SSSR count). The summed E-state index contributed by atoms with van der Waals surface area (Å²) in [4.78, 5) is 7.79. The van der Waals surface area contributed by atoms with Crippen LogP contribution in [0.2, 0.25) is 5.02 Å². The fourth-order valence-electron chi connectivity index (χ4n) is 2.80. The Morgan fingerprint density at radius 1 is 0.818 bits per heavy atom. The number of nitrogens with zero attached hydrogens (tertiary/aromatic N) is 2. The van der Waals surface area contributed by atoms with E-state index in [-0.39, 0.29) is 33.2 Å². The van der Waals surface area contributed by atoms with Crippen molar-refractivity contribution in [2.75, 3.05) is 23.7 Å². The van der Waals surface area contributed by atoms with Crippen LogP contribution in [-0.2, 0) is 20.0 Å². The molecule has 2 N–H and O–H groups in total. The summed E-state index contributed by atoms with van der Waals surface area (Å²) in [5.41, 5.74) is 1.29. The van der Waals surface area contributed by atoms with Crippen molar-refractivity contribution in [2.24, 2.45) is 0 Å². The van der Waals surface area contributed by atoms with E-state index in [1.54, 1.807) is 19.9 Å². The monoisotopic (exact) mass is 512 g/mol. The quantitative estimate of drug-likeness (QED) is 0.468. The number of hydrogen-bond acceptors (Lipinski definition) is 8. The average molecular weight is 513 g/mol. The van der Waals surface area contributed by atoms with Gasteiger partial charge in [-0.3, -0.25) is 9.44 Å². The molecule has 0 amide bonds. The smallest absolute Gasteiger partial charge is 0.321 e. The molecule has 1 aromatic heterocycles. The fraction of sp³-hybridized carbons (Fsp3) is 0.200. The van der Waals surface area contributed by atoms with E-state index in [9.17, 15) is 16.8 Å². The molecule has 0 spiro atoms. The zero-order chi connectivity index (χ0) is 24.4. The maximum absolute atomic E-state index is 12.8. The topological polar surface area (TPSA) is 137 Å². The zero-order valence-electron chi connectivity index (χ0n) is 18.1. The fourth-order valence-corrected chi connectivity index (χ4v) is 5.39. The van der Waals surface area contributed by atoms with Gasteiger partial charge in [-0.05, 0) is 61.4 Å². The highest BCUT2D eigenvalue weighted by Gasteiger charge is 2.20. The molecule has 0 radical (unpaired) electrons. The average Bonchev–Trinajstić information content (AvgIpc) is 2.75. The Bertz CT molecular complexity index is 1370. The van der Waals surface area contributed by atoms with Gasteiger partial charge in [0.1, 0.15) is 0 Å². The number of aryl methyl sites for hydroxylation is 2. The van der Waals surface area contributed by atoms with Crippen LogP contribution < -0.4 is 18.9 Å². The van der Waals surface area contributed by atoms with Gasteiger partial charge in [0.25, 0.3) is 20.0 Å². The maximum Gasteiger partial charge on any atom is 0.321 e. The molecule has 33 heavy (non-hydrogen) atoms. The third kappa shape index (κ3) is 5.64. The number of hydrogen-bond donors (Lipinski definition) is 2. The lowest BCUT2D eigenvalue weighted by atomic mass is 10.2. The Kier molecular flexibility index (Phi) is 7.00. The third-order valence-electron chi connectivity index (χ3n) is 4.48. The van der Waals surface area contributed by atoms with Crippen LogP contribution in [0.1, 0.15) is 11.1 Å². The first kappa shape index (κ1) is 24.6. The summed E-state index contributed by atoms with van der Waals surface area (Å²) in [6, 6.07) is 9.46. The summed E-state index contributed by atoms with van der Waals surface area (Å²) in [5.74, 6) is 0.0501. The lowest BCUT2D eigenvalue weighted by Crippen LogP contribution is -2.16. The van der Waals surface area contributed by atoms with Gasteiger partial charge in [0, 0.05) is 16.8 Å². The van der Waals surface area contributed by atoms with Gasteiger partial charge >= 0.3 is 6.01 Å². The number of sulfonamides is 2. The van der Waals surface area contributed by atoms with Crippen molar-refractivity contribution in [3.05, 3.63) is 58.6 Å². The molecule has 2 aromatic carbocycles. The van der Waals surface area contributed by atoms with Crippen LogP contribution in [0.4, 0.5) is 11.5 Å². The normalized spacial score (nSPS) is 11.7. The van der Waals surface area contributed by atoms with Crippen LogP contribution in [0, 0.1) is 13.8 Å². The molecule has 13 heteroatoms. The van der Waals surface area contributed by atoms with E-state index >= 15 is 0 Å². The molecular weight excluding hydrogens is 492 g/mol. The molecule has 0 aliphatic carbocycles. The molecule has 0 aliphatic rings. The summed E-state index contributed by atoms with van der Waals surface area (Å²) >= 11 is 6.05. The first-order valence-electron chi connectivity index (χ1n) is 9.34. The Hall–Kier alpha value is -3.09. The Balaban J connectivity index is 1.83. The predicted octanol–water partition coefficient (Wildman–Crippen LogP) is 3.37. The molecule has 0 fully saturated rings. The second-order valence-electron chi connectivity index (χ2n) is 6.88. The van der Waals surface area contributed by atoms with Gasteiger partial charge in [-0.15, -0.1) is 0 Å². The van der Waals surface area contributed by atoms with E-state index in [1.807, 2.05) is 0 Å². The second kappa shape index (κ2) is 9.41. The van der Waals surface area contributed by atoms with Gasteiger partial charge in [0.15, 0.2) is 5.82 Å². The van der Waals surface area contributed by atoms with Crippen molar-refractivity contribution < 1.29 is 26.3 Å². The van der Waals surface area contributed by atoms with Crippen LogP contribution in [0.15, 0.2) is 52.3 Å². The third-order valence-corrected chi connectivity index (χ3v) is 7.78. The van der Waals surface area contributed by atoms with Crippen LogP contribution in [0.5, 0.6) is 11.9 Å². The van der Waals surface area contributed by atoms with Gasteiger partial charge in [-0.25, -0.2) is 16.8 Å². The minimum Gasteiger partial charge on any atom is -0.481 e. The van der Waals surface area contributed by atoms with Gasteiger partial charge in [0.05, 0.1) is 24.0 Å². The van der Waals surface area contributed by atoms with Crippen molar-refractivity contribution in [2.45, 2.75) is 23.6 Å². The number of rotatable bonds is 8. The largest absolute Gasteiger partial charge is 0.481 e. The summed E-state index contributed by atoms with van der Waals surface area (Å²) in [5, 5.41) is 0.465. The van der Waals surface area contributed by atoms with Crippen molar-refractivity contribution in [1.82, 2.24) is 9.97 Å². The zero-order valence-corrected chi connectivity index (χ0v) is 20.5. The van der Waals surface area contributed by atoms with E-state index in [1.165, 1.54) is 50.6 Å². The first-order valence-corrected chi connectivity index (χ1v) is 12.7. The summed E-state index contributed by atoms with van der Waals surface area (Å²) in [6.07, 6.45) is 0. The Morgan fingerprint density at radius 2 is 1.48 bits per heavy atom. The van der Waals surface area contributed by atoms with Crippen molar-refractivity contribution >= 4 is 43.2 Å². The van der Waals surface area contributed by atoms with Crippen molar-refractivity contribution in [3.63, 3.8) is 0 Å². The highest BCUT2D eigenvalue weighted by Crippen LogP contribution is 2.26. The molecule has 0 unspecified atom stereocenters. The predicted molar refractivity (Wildman–Crippen MR) is 124 cm³/mol. The maximum atomic E-state index is 12.8. The molecule has 0 saturated heterocycles. The number of halogens is 1. The molecule has 176 valence electrons. The van der Waals surface area contributed by atoms with E-state index in [0.717, 1.165) is 0 Å². The lowest BCUT2D eigenvalue weighted by Gasteiger charge is -2.13. The molecule has 0 bridgehead atoms. The molecular formula is C20H21ClN4O6S2. The van der Waals surface area contributed by atoms with E-state index in [4.69, 9.17) is 21.1 Å². The minimum absolute atomic E-state index is 0.0583. The Labute approximate surface area is 197 Å². The number of anilines is 2. The van der Waals surface area contributed by atoms with E-state index in [0.29, 0.717) is 16.1 Å². The SMILES string of the molecule is COc1cc(NS(=O)(=O)c2ccc(NS(=O)(=O)c3cc(C)c(Cl)cc3C)cc2)nc(OC)n1. The second-order valence-corrected chi connectivity index (χ2v) is 10.6. The highest BCUT2D eigenvalue weighted by molar-refractivity contribution is 7.93. The molecule has 0 aliphatic heterocycles. The summed E-state index contributed by atoms with van der Waals surface area (Å²) in [6.45, 7) is 3.34. The molecule has 1 heterocycles. The molecule has 0 atom stereocenters. The number of methoxy groups -OCH3 is 2. The van der Waals surface area contributed by atoms with Crippen molar-refractivity contribution in [1.29, 1.82) is 0 Å². The van der Waals surface area contributed by atoms with Gasteiger partial charge in [-0.2, -0.15) is 9.97 Å². The lowest BCUT2D eigenvalue weighted by molar-refractivity contribution is 0.353. The van der Waals surface area contributed by atoms with Gasteiger partial charge in [-0.1, -0.05) is 11.6 Å². The molecule has 0 saturated carbocycles. The van der Waals surface area contributed by atoms with E-state index in [2.05, 4.69) is 19.4 Å². The van der Waals surface area contributed by atoms with Crippen LogP contribution in [0.25, 0.3) is 0 Å². The van der Waals surface area contributed by atoms with Crippen LogP contribution in [0.3, 0.4) is 0 Å². The molecule has 10 nitrogen and oxygen atoms in total. The van der Waals surface area contributed by atoms with Crippen molar-refractivity contribution in [3.8, 4) is 11.9 Å². The van der Waals surface area contributed by atoms with E-state index < -0.39 is 20.0 Å². The van der Waals surface area contributed by atoms with Gasteiger partial charge < -0.3 is 9.47 Å². The highest BCUT2D eigenvalue weighted by atomic mass is 35.5. The summed E-state index contributed by atoms with van der Waals surface area (Å²) < 4.78 is 65.7. The number of nitrogens with one attached hydrogen (secondary N) is 2. The van der Waals surface area contributed by atoms with Gasteiger partial charge in [0.2, 0.25) is 5.88 Å². The molecule has 3 aromatic rings. The van der Waals surface area contributed by atoms with Crippen LogP contribution in [-0.4, -0.2) is 41.0 Å². The minimum atomic E-state index is -4.04. The number of ether oxygens (including phenoxy) is 2. The first-order chi connectivity index (χ1) is 15.4. The number of benzene rings is 2. The Morgan fingerprint density at radius 3 is 2.09 bits per heavy atom. The standard InChI is InChI=1S/C20H21ClN4O6S2/c1-12-10-17(13(2)9-16(12)21)33(28,29)24-14-5-7-15(8-6-14)32(26,27)25-18-11-19(30-3)23-20(22-18)31-4/h5-11,24H,1-4H3,(H,22,23,25). The number of aromatic nitrogens is 2. The summed E-state index contributed by atoms with van der Waals surface area (Å²) in [7, 11) is -5.25. The van der Waals surface area contributed by atoms with Crippen LogP contribution >= 0.6 is 11.6 Å².